The largest absolute Gasteiger partial charge is 0.494 e. The van der Waals surface area contributed by atoms with Gasteiger partial charge in [-0.2, -0.15) is 5.10 Å². The average Bonchev–Trinajstić information content (AvgIpc) is 3.01. The Labute approximate surface area is 160 Å². The Hall–Kier alpha value is -2.45. The molecule has 0 amide bonds. The Kier molecular flexibility index (Phi) is 5.76. The van der Waals surface area contributed by atoms with Crippen LogP contribution in [-0.4, -0.2) is 41.5 Å². The Balaban J connectivity index is 1.80. The van der Waals surface area contributed by atoms with Gasteiger partial charge in [0, 0.05) is 20.7 Å². The number of nitrogens with zero attached hydrogens (tertiary/aromatic N) is 4. The number of rotatable bonds is 8. The number of aryl methyl sites for hydroxylation is 1. The molecule has 3 rings (SSSR count). The fourth-order valence-corrected chi connectivity index (χ4v) is 3.36. The van der Waals surface area contributed by atoms with E-state index in [1.54, 1.807) is 13.4 Å². The fourth-order valence-electron chi connectivity index (χ4n) is 2.60. The molecule has 0 saturated heterocycles. The van der Waals surface area contributed by atoms with Crippen molar-refractivity contribution < 1.29 is 9.47 Å². The zero-order valence-corrected chi connectivity index (χ0v) is 17.6. The van der Waals surface area contributed by atoms with Crippen LogP contribution in [0.3, 0.4) is 0 Å². The van der Waals surface area contributed by atoms with Gasteiger partial charge in [-0.3, -0.25) is 0 Å². The number of hydrogen-bond donors (Lipinski definition) is 1. The SMILES string of the molecule is COc1cc2ncn(COCC[Si](C)(C)C)c2cc1Nc1ccc(C)nn1. The third kappa shape index (κ3) is 5.05. The molecule has 1 N–H and O–H groups in total. The molecule has 27 heavy (non-hydrogen) atoms. The van der Waals surface area contributed by atoms with Gasteiger partial charge in [0.2, 0.25) is 0 Å². The Morgan fingerprint density at radius 3 is 2.63 bits per heavy atom. The summed E-state index contributed by atoms with van der Waals surface area (Å²) in [6.45, 7) is 10.2. The zero-order valence-electron chi connectivity index (χ0n) is 16.6. The molecule has 144 valence electrons. The molecular weight excluding hydrogens is 358 g/mol. The molecule has 8 heteroatoms. The van der Waals surface area contributed by atoms with Gasteiger partial charge in [-0.05, 0) is 31.2 Å². The third-order valence-corrected chi connectivity index (χ3v) is 5.93. The summed E-state index contributed by atoms with van der Waals surface area (Å²) in [4.78, 5) is 4.47. The van der Waals surface area contributed by atoms with Crippen molar-refractivity contribution in [1.29, 1.82) is 0 Å². The lowest BCUT2D eigenvalue weighted by molar-refractivity contribution is 0.0898. The molecule has 2 aromatic heterocycles. The number of methoxy groups -OCH3 is 1. The second-order valence-corrected chi connectivity index (χ2v) is 13.4. The number of imidazole rings is 1. The summed E-state index contributed by atoms with van der Waals surface area (Å²) in [5, 5.41) is 11.5. The predicted octanol–water partition coefficient (Wildman–Crippen LogP) is 4.20. The number of aromatic nitrogens is 4. The topological polar surface area (TPSA) is 74.1 Å². The highest BCUT2D eigenvalue weighted by Gasteiger charge is 2.13. The number of anilines is 2. The molecule has 2 heterocycles. The van der Waals surface area contributed by atoms with Crippen LogP contribution < -0.4 is 10.1 Å². The van der Waals surface area contributed by atoms with E-state index in [1.165, 1.54) is 0 Å². The highest BCUT2D eigenvalue weighted by molar-refractivity contribution is 6.76. The minimum atomic E-state index is -1.09. The van der Waals surface area contributed by atoms with Gasteiger partial charge in [-0.1, -0.05) is 19.6 Å². The Morgan fingerprint density at radius 1 is 1.15 bits per heavy atom. The van der Waals surface area contributed by atoms with Crippen LogP contribution in [0, 0.1) is 6.92 Å². The number of nitrogens with one attached hydrogen (secondary N) is 1. The second kappa shape index (κ2) is 8.06. The van der Waals surface area contributed by atoms with Gasteiger partial charge in [0.25, 0.3) is 0 Å². The van der Waals surface area contributed by atoms with E-state index in [0.29, 0.717) is 18.3 Å². The lowest BCUT2D eigenvalue weighted by Gasteiger charge is -2.16. The van der Waals surface area contributed by atoms with Crippen LogP contribution in [-0.2, 0) is 11.5 Å². The molecule has 7 nitrogen and oxygen atoms in total. The van der Waals surface area contributed by atoms with Crippen LogP contribution in [0.2, 0.25) is 25.7 Å². The first kappa shape index (κ1) is 19.3. The van der Waals surface area contributed by atoms with Crippen LogP contribution >= 0.6 is 0 Å². The standard InChI is InChI=1S/C19H27N5O2Si/c1-14-6-7-19(23-22-14)21-16-10-17-15(11-18(16)25-2)20-12-24(17)13-26-8-9-27(3,4)5/h6-7,10-12H,8-9,13H2,1-5H3,(H,21,23). The fraction of sp³-hybridized carbons (Fsp3) is 0.421. The molecule has 0 atom stereocenters. The maximum absolute atomic E-state index is 5.87. The summed E-state index contributed by atoms with van der Waals surface area (Å²) < 4.78 is 13.4. The van der Waals surface area contributed by atoms with E-state index in [4.69, 9.17) is 9.47 Å². The highest BCUT2D eigenvalue weighted by atomic mass is 28.3. The van der Waals surface area contributed by atoms with Crippen molar-refractivity contribution in [3.63, 3.8) is 0 Å². The van der Waals surface area contributed by atoms with Crippen molar-refractivity contribution in [2.24, 2.45) is 0 Å². The molecule has 0 unspecified atom stereocenters. The van der Waals surface area contributed by atoms with Crippen LogP contribution in [0.4, 0.5) is 11.5 Å². The minimum Gasteiger partial charge on any atom is -0.494 e. The number of fused-ring (bicyclic) bond motifs is 1. The summed E-state index contributed by atoms with van der Waals surface area (Å²) in [7, 11) is 0.552. The van der Waals surface area contributed by atoms with E-state index in [1.807, 2.05) is 35.8 Å². The van der Waals surface area contributed by atoms with Gasteiger partial charge in [0.1, 0.15) is 12.5 Å². The first-order valence-corrected chi connectivity index (χ1v) is 12.7. The number of ether oxygens (including phenoxy) is 2. The molecule has 0 aliphatic rings. The summed E-state index contributed by atoms with van der Waals surface area (Å²) in [6.07, 6.45) is 1.80. The first-order chi connectivity index (χ1) is 12.9. The normalized spacial score (nSPS) is 11.7. The van der Waals surface area contributed by atoms with Crippen LogP contribution in [0.25, 0.3) is 11.0 Å². The van der Waals surface area contributed by atoms with E-state index < -0.39 is 8.07 Å². The Morgan fingerprint density at radius 2 is 1.96 bits per heavy atom. The van der Waals surface area contributed by atoms with Gasteiger partial charge in [0.15, 0.2) is 5.82 Å². The summed E-state index contributed by atoms with van der Waals surface area (Å²) in [5.74, 6) is 1.37. The van der Waals surface area contributed by atoms with Crippen LogP contribution in [0.5, 0.6) is 5.75 Å². The van der Waals surface area contributed by atoms with E-state index >= 15 is 0 Å². The van der Waals surface area contributed by atoms with Gasteiger partial charge in [-0.25, -0.2) is 4.98 Å². The molecule has 0 aliphatic carbocycles. The van der Waals surface area contributed by atoms with E-state index in [9.17, 15) is 0 Å². The third-order valence-electron chi connectivity index (χ3n) is 4.23. The molecule has 0 saturated carbocycles. The zero-order chi connectivity index (χ0) is 19.4. The smallest absolute Gasteiger partial charge is 0.153 e. The van der Waals surface area contributed by atoms with E-state index in [0.717, 1.165) is 35.1 Å². The van der Waals surface area contributed by atoms with E-state index in [2.05, 4.69) is 40.1 Å². The van der Waals surface area contributed by atoms with E-state index in [-0.39, 0.29) is 0 Å². The summed E-state index contributed by atoms with van der Waals surface area (Å²) >= 11 is 0. The predicted molar refractivity (Wildman–Crippen MR) is 110 cm³/mol. The molecule has 1 aromatic carbocycles. The highest BCUT2D eigenvalue weighted by Crippen LogP contribution is 2.31. The van der Waals surface area contributed by atoms with Gasteiger partial charge in [0.05, 0.1) is 35.9 Å². The van der Waals surface area contributed by atoms with Crippen molar-refractivity contribution in [2.45, 2.75) is 39.3 Å². The second-order valence-electron chi connectivity index (χ2n) is 7.79. The lowest BCUT2D eigenvalue weighted by atomic mass is 10.2. The molecule has 0 fully saturated rings. The minimum absolute atomic E-state index is 0.483. The Bertz CT molecular complexity index is 903. The number of hydrogen-bond acceptors (Lipinski definition) is 6. The van der Waals surface area contributed by atoms with Gasteiger partial charge in [-0.15, -0.1) is 5.10 Å². The average molecular weight is 386 g/mol. The van der Waals surface area contributed by atoms with Crippen molar-refractivity contribution in [3.05, 3.63) is 36.3 Å². The molecule has 0 radical (unpaired) electrons. The van der Waals surface area contributed by atoms with Gasteiger partial charge >= 0.3 is 0 Å². The summed E-state index contributed by atoms with van der Waals surface area (Å²) in [6, 6.07) is 8.87. The van der Waals surface area contributed by atoms with Gasteiger partial charge < -0.3 is 19.4 Å². The lowest BCUT2D eigenvalue weighted by Crippen LogP contribution is -2.21. The van der Waals surface area contributed by atoms with Crippen molar-refractivity contribution in [2.75, 3.05) is 19.0 Å². The first-order valence-electron chi connectivity index (χ1n) is 9.04. The van der Waals surface area contributed by atoms with Crippen molar-refractivity contribution in [1.82, 2.24) is 19.7 Å². The van der Waals surface area contributed by atoms with Crippen molar-refractivity contribution >= 4 is 30.6 Å². The molecule has 0 spiro atoms. The quantitative estimate of drug-likeness (QED) is 0.463. The molecule has 0 bridgehead atoms. The number of benzene rings is 1. The summed E-state index contributed by atoms with van der Waals surface area (Å²) in [5.41, 5.74) is 3.52. The maximum atomic E-state index is 5.87. The van der Waals surface area contributed by atoms with Crippen molar-refractivity contribution in [3.8, 4) is 5.75 Å². The molecule has 0 aliphatic heterocycles. The maximum Gasteiger partial charge on any atom is 0.153 e. The van der Waals surface area contributed by atoms with Crippen LogP contribution in [0.15, 0.2) is 30.6 Å². The monoisotopic (exact) mass is 385 g/mol. The van der Waals surface area contributed by atoms with Crippen LogP contribution in [0.1, 0.15) is 5.69 Å². The molecular formula is C19H27N5O2Si. The molecule has 3 aromatic rings.